The van der Waals surface area contributed by atoms with E-state index < -0.39 is 0 Å². The van der Waals surface area contributed by atoms with Crippen LogP contribution < -0.4 is 5.32 Å². The lowest BCUT2D eigenvalue weighted by molar-refractivity contribution is 0.0602. The normalized spacial score (nSPS) is 9.64. The van der Waals surface area contributed by atoms with Gasteiger partial charge in [-0.25, -0.2) is 4.79 Å². The van der Waals surface area contributed by atoms with E-state index in [0.29, 0.717) is 10.6 Å². The highest BCUT2D eigenvalue weighted by molar-refractivity contribution is 6.31. The van der Waals surface area contributed by atoms with Gasteiger partial charge in [0.05, 0.1) is 12.7 Å². The van der Waals surface area contributed by atoms with Crippen LogP contribution in [0.25, 0.3) is 0 Å². The summed E-state index contributed by atoms with van der Waals surface area (Å²) in [7, 11) is 1.35. The molecule has 14 heavy (non-hydrogen) atoms. The first kappa shape index (κ1) is 10.9. The van der Waals surface area contributed by atoms with Crippen molar-refractivity contribution in [3.8, 4) is 0 Å². The number of esters is 1. The second-order valence-corrected chi connectivity index (χ2v) is 3.15. The van der Waals surface area contributed by atoms with Gasteiger partial charge in [0, 0.05) is 17.3 Å². The molecule has 1 rings (SSSR count). The van der Waals surface area contributed by atoms with Crippen molar-refractivity contribution in [3.05, 3.63) is 28.8 Å². The molecule has 0 saturated carbocycles. The number of anilines is 1. The van der Waals surface area contributed by atoms with E-state index in [4.69, 9.17) is 11.6 Å². The van der Waals surface area contributed by atoms with E-state index in [-0.39, 0.29) is 5.97 Å². The Bertz CT molecular complexity index is 339. The van der Waals surface area contributed by atoms with Gasteiger partial charge in [-0.3, -0.25) is 0 Å². The molecule has 0 amide bonds. The van der Waals surface area contributed by atoms with Crippen LogP contribution in [0, 0.1) is 0 Å². The molecule has 0 bridgehead atoms. The number of rotatable bonds is 3. The molecule has 0 atom stereocenters. The van der Waals surface area contributed by atoms with Crippen molar-refractivity contribution in [3.63, 3.8) is 0 Å². The maximum atomic E-state index is 11.3. The molecule has 0 fully saturated rings. The van der Waals surface area contributed by atoms with E-state index in [1.165, 1.54) is 7.11 Å². The van der Waals surface area contributed by atoms with Crippen LogP contribution in [0.2, 0.25) is 5.02 Å². The molecule has 0 heterocycles. The number of hydrogen-bond acceptors (Lipinski definition) is 3. The summed E-state index contributed by atoms with van der Waals surface area (Å²) in [5.74, 6) is -0.386. The van der Waals surface area contributed by atoms with Crippen molar-refractivity contribution in [1.29, 1.82) is 0 Å². The highest BCUT2D eigenvalue weighted by atomic mass is 35.5. The molecule has 1 N–H and O–H groups in total. The SMILES string of the molecule is CCNc1ccc(Cl)cc1C(=O)OC. The first-order valence-electron chi connectivity index (χ1n) is 4.30. The van der Waals surface area contributed by atoms with Gasteiger partial charge in [-0.1, -0.05) is 11.6 Å². The predicted octanol–water partition coefficient (Wildman–Crippen LogP) is 2.56. The van der Waals surface area contributed by atoms with Crippen molar-refractivity contribution >= 4 is 23.3 Å². The zero-order valence-corrected chi connectivity index (χ0v) is 8.89. The maximum absolute atomic E-state index is 11.3. The smallest absolute Gasteiger partial charge is 0.340 e. The van der Waals surface area contributed by atoms with Gasteiger partial charge in [0.2, 0.25) is 0 Å². The zero-order chi connectivity index (χ0) is 10.6. The fourth-order valence-electron chi connectivity index (χ4n) is 1.14. The molecule has 1 aromatic rings. The van der Waals surface area contributed by atoms with Crippen molar-refractivity contribution in [2.75, 3.05) is 19.0 Å². The Kier molecular flexibility index (Phi) is 3.77. The highest BCUT2D eigenvalue weighted by Gasteiger charge is 2.11. The Morgan fingerprint density at radius 3 is 2.86 bits per heavy atom. The van der Waals surface area contributed by atoms with Gasteiger partial charge in [0.1, 0.15) is 0 Å². The number of ether oxygens (including phenoxy) is 1. The molecule has 0 unspecified atom stereocenters. The molecule has 0 aliphatic heterocycles. The minimum Gasteiger partial charge on any atom is -0.465 e. The summed E-state index contributed by atoms with van der Waals surface area (Å²) < 4.78 is 4.64. The topological polar surface area (TPSA) is 38.3 Å². The minimum atomic E-state index is -0.386. The molecule has 0 aliphatic carbocycles. The van der Waals surface area contributed by atoms with Crippen LogP contribution in [0.5, 0.6) is 0 Å². The van der Waals surface area contributed by atoms with Gasteiger partial charge in [0.25, 0.3) is 0 Å². The Morgan fingerprint density at radius 1 is 1.57 bits per heavy atom. The second-order valence-electron chi connectivity index (χ2n) is 2.71. The third-order valence-electron chi connectivity index (χ3n) is 1.75. The quantitative estimate of drug-likeness (QED) is 0.785. The Labute approximate surface area is 88.0 Å². The Balaban J connectivity index is 3.08. The van der Waals surface area contributed by atoms with Crippen LogP contribution in [0.4, 0.5) is 5.69 Å². The van der Waals surface area contributed by atoms with Gasteiger partial charge in [-0.2, -0.15) is 0 Å². The second kappa shape index (κ2) is 4.86. The van der Waals surface area contributed by atoms with Crippen LogP contribution in [-0.2, 0) is 4.74 Å². The molecule has 0 aromatic heterocycles. The molecule has 4 heteroatoms. The number of benzene rings is 1. The first-order chi connectivity index (χ1) is 6.69. The van der Waals surface area contributed by atoms with E-state index in [9.17, 15) is 4.79 Å². The lowest BCUT2D eigenvalue weighted by Gasteiger charge is -2.08. The summed E-state index contributed by atoms with van der Waals surface area (Å²) in [5, 5.41) is 3.58. The lowest BCUT2D eigenvalue weighted by Crippen LogP contribution is -2.07. The molecule has 0 radical (unpaired) electrons. The highest BCUT2D eigenvalue weighted by Crippen LogP contribution is 2.21. The summed E-state index contributed by atoms with van der Waals surface area (Å²) in [5.41, 5.74) is 1.20. The van der Waals surface area contributed by atoms with Gasteiger partial charge in [-0.15, -0.1) is 0 Å². The number of carbonyl (C=O) groups excluding carboxylic acids is 1. The Hall–Kier alpha value is -1.22. The van der Waals surface area contributed by atoms with E-state index in [0.717, 1.165) is 12.2 Å². The third-order valence-corrected chi connectivity index (χ3v) is 1.99. The van der Waals surface area contributed by atoms with Crippen LogP contribution in [0.3, 0.4) is 0 Å². The van der Waals surface area contributed by atoms with Gasteiger partial charge >= 0.3 is 5.97 Å². The number of hydrogen-bond donors (Lipinski definition) is 1. The molecule has 76 valence electrons. The average molecular weight is 214 g/mol. The number of nitrogens with one attached hydrogen (secondary N) is 1. The van der Waals surface area contributed by atoms with E-state index in [1.54, 1.807) is 18.2 Å². The fraction of sp³-hybridized carbons (Fsp3) is 0.300. The summed E-state index contributed by atoms with van der Waals surface area (Å²) >= 11 is 5.78. The van der Waals surface area contributed by atoms with Gasteiger partial charge in [-0.05, 0) is 25.1 Å². The number of methoxy groups -OCH3 is 1. The monoisotopic (exact) mass is 213 g/mol. The Morgan fingerprint density at radius 2 is 2.29 bits per heavy atom. The molecule has 0 spiro atoms. The maximum Gasteiger partial charge on any atom is 0.340 e. The summed E-state index contributed by atoms with van der Waals surface area (Å²) in [4.78, 5) is 11.3. The predicted molar refractivity (Wildman–Crippen MR) is 57.0 cm³/mol. The molecular weight excluding hydrogens is 202 g/mol. The lowest BCUT2D eigenvalue weighted by atomic mass is 10.2. The van der Waals surface area contributed by atoms with Crippen molar-refractivity contribution in [2.45, 2.75) is 6.92 Å². The minimum absolute atomic E-state index is 0.386. The molecule has 3 nitrogen and oxygen atoms in total. The summed E-state index contributed by atoms with van der Waals surface area (Å²) in [6, 6.07) is 5.08. The van der Waals surface area contributed by atoms with Gasteiger partial charge in [0.15, 0.2) is 0 Å². The zero-order valence-electron chi connectivity index (χ0n) is 8.13. The summed E-state index contributed by atoms with van der Waals surface area (Å²) in [6.07, 6.45) is 0. The van der Waals surface area contributed by atoms with Crippen LogP contribution >= 0.6 is 11.6 Å². The fourth-order valence-corrected chi connectivity index (χ4v) is 1.31. The van der Waals surface area contributed by atoms with Gasteiger partial charge < -0.3 is 10.1 Å². The summed E-state index contributed by atoms with van der Waals surface area (Å²) in [6.45, 7) is 2.70. The molecular formula is C10H12ClNO2. The largest absolute Gasteiger partial charge is 0.465 e. The number of halogens is 1. The molecule has 0 aliphatic rings. The van der Waals surface area contributed by atoms with Crippen LogP contribution in [0.15, 0.2) is 18.2 Å². The molecule has 1 aromatic carbocycles. The van der Waals surface area contributed by atoms with Crippen molar-refractivity contribution < 1.29 is 9.53 Å². The van der Waals surface area contributed by atoms with Crippen LogP contribution in [-0.4, -0.2) is 19.6 Å². The average Bonchev–Trinajstić information content (AvgIpc) is 2.20. The number of carbonyl (C=O) groups is 1. The first-order valence-corrected chi connectivity index (χ1v) is 4.68. The molecule has 0 saturated heterocycles. The van der Waals surface area contributed by atoms with E-state index >= 15 is 0 Å². The van der Waals surface area contributed by atoms with Crippen molar-refractivity contribution in [2.24, 2.45) is 0 Å². The third kappa shape index (κ3) is 2.39. The van der Waals surface area contributed by atoms with Crippen molar-refractivity contribution in [1.82, 2.24) is 0 Å². The van der Waals surface area contributed by atoms with Crippen LogP contribution in [0.1, 0.15) is 17.3 Å². The standard InChI is InChI=1S/C10H12ClNO2/c1-3-12-9-5-4-7(11)6-8(9)10(13)14-2/h4-6,12H,3H2,1-2H3. The van der Waals surface area contributed by atoms with E-state index in [2.05, 4.69) is 10.1 Å². The van der Waals surface area contributed by atoms with E-state index in [1.807, 2.05) is 6.92 Å².